The lowest BCUT2D eigenvalue weighted by molar-refractivity contribution is -0.135. The van der Waals surface area contributed by atoms with Crippen molar-refractivity contribution in [3.8, 4) is 11.5 Å². The quantitative estimate of drug-likeness (QED) is 0.569. The van der Waals surface area contributed by atoms with E-state index in [2.05, 4.69) is 16.8 Å². The van der Waals surface area contributed by atoms with Crippen LogP contribution in [0.2, 0.25) is 0 Å². The lowest BCUT2D eigenvalue weighted by atomic mass is 10.0. The van der Waals surface area contributed by atoms with Crippen molar-refractivity contribution in [2.24, 2.45) is 0 Å². The highest BCUT2D eigenvalue weighted by molar-refractivity contribution is 7.10. The molecule has 1 aromatic carbocycles. The molecule has 1 saturated heterocycles. The number of thiophene rings is 1. The van der Waals surface area contributed by atoms with E-state index in [4.69, 9.17) is 14.2 Å². The van der Waals surface area contributed by atoms with Crippen LogP contribution in [0.1, 0.15) is 50.1 Å². The van der Waals surface area contributed by atoms with Gasteiger partial charge in [0.25, 0.3) is 0 Å². The summed E-state index contributed by atoms with van der Waals surface area (Å²) < 4.78 is 17.2. The summed E-state index contributed by atoms with van der Waals surface area (Å²) in [5.41, 5.74) is 0.714. The van der Waals surface area contributed by atoms with Crippen molar-refractivity contribution in [2.45, 2.75) is 57.7 Å². The number of urea groups is 1. The summed E-state index contributed by atoms with van der Waals surface area (Å²) >= 11 is 1.71. The van der Waals surface area contributed by atoms with E-state index in [0.717, 1.165) is 30.6 Å². The molecule has 0 saturated carbocycles. The molecule has 2 atom stereocenters. The third-order valence-corrected chi connectivity index (χ3v) is 7.40. The minimum atomic E-state index is -0.404. The molecule has 2 aromatic rings. The summed E-state index contributed by atoms with van der Waals surface area (Å²) in [4.78, 5) is 31.6. The third kappa shape index (κ3) is 6.70. The molecule has 0 radical (unpaired) electrons. The van der Waals surface area contributed by atoms with E-state index < -0.39 is 5.54 Å². The van der Waals surface area contributed by atoms with Gasteiger partial charge in [-0.1, -0.05) is 6.07 Å². The minimum Gasteiger partial charge on any atom is -0.497 e. The highest BCUT2D eigenvalue weighted by atomic mass is 32.1. The molecular formula is C27H37N3O5S. The van der Waals surface area contributed by atoms with Crippen molar-refractivity contribution in [2.75, 3.05) is 40.0 Å². The van der Waals surface area contributed by atoms with Crippen LogP contribution >= 0.6 is 11.3 Å². The monoisotopic (exact) mass is 515 g/mol. The van der Waals surface area contributed by atoms with E-state index in [1.807, 2.05) is 49.9 Å². The van der Waals surface area contributed by atoms with Gasteiger partial charge in [0.1, 0.15) is 24.7 Å². The Balaban J connectivity index is 1.50. The number of nitrogens with zero attached hydrogens (tertiary/aromatic N) is 2. The first-order valence-electron chi connectivity index (χ1n) is 12.5. The standard InChI is InChI=1S/C27H37N3O5S/c1-27(2,3)28-26(32)29(16-21-9-6-13-34-21)17-25(31)30-12-10-24-22(11-14-36-24)23(30)18-35-20-8-5-7-19(15-20)33-4/h5,7-8,11,14-15,21,23H,6,9-10,12-13,16-18H2,1-4H3,(H,28,32)/t21-,23+/m0/s1. The lowest BCUT2D eigenvalue weighted by Gasteiger charge is -2.37. The Labute approximate surface area is 217 Å². The van der Waals surface area contributed by atoms with Gasteiger partial charge < -0.3 is 29.3 Å². The van der Waals surface area contributed by atoms with Gasteiger partial charge in [0.15, 0.2) is 0 Å². The van der Waals surface area contributed by atoms with E-state index in [9.17, 15) is 9.59 Å². The van der Waals surface area contributed by atoms with Crippen molar-refractivity contribution in [3.63, 3.8) is 0 Å². The van der Waals surface area contributed by atoms with Gasteiger partial charge in [-0.15, -0.1) is 11.3 Å². The number of benzene rings is 1. The molecule has 2 aliphatic rings. The Kier molecular flexibility index (Phi) is 8.41. The van der Waals surface area contributed by atoms with E-state index in [1.165, 1.54) is 4.88 Å². The number of fused-ring (bicyclic) bond motifs is 1. The molecule has 4 rings (SSSR count). The van der Waals surface area contributed by atoms with Crippen molar-refractivity contribution in [3.05, 3.63) is 46.2 Å². The molecule has 1 aromatic heterocycles. The molecule has 9 heteroatoms. The van der Waals surface area contributed by atoms with Gasteiger partial charge in [0.2, 0.25) is 5.91 Å². The van der Waals surface area contributed by atoms with Crippen LogP contribution < -0.4 is 14.8 Å². The zero-order valence-electron chi connectivity index (χ0n) is 21.6. The molecule has 0 unspecified atom stereocenters. The van der Waals surface area contributed by atoms with Crippen LogP contribution in [0.15, 0.2) is 35.7 Å². The number of ether oxygens (including phenoxy) is 3. The molecule has 0 aliphatic carbocycles. The van der Waals surface area contributed by atoms with Crippen LogP contribution in [0, 0.1) is 0 Å². The second-order valence-corrected chi connectivity index (χ2v) is 11.3. The van der Waals surface area contributed by atoms with Gasteiger partial charge in [-0.2, -0.15) is 0 Å². The summed E-state index contributed by atoms with van der Waals surface area (Å²) in [6.07, 6.45) is 2.63. The van der Waals surface area contributed by atoms with E-state index in [-0.39, 0.29) is 30.6 Å². The summed E-state index contributed by atoms with van der Waals surface area (Å²) in [6, 6.07) is 9.07. The molecule has 0 spiro atoms. The van der Waals surface area contributed by atoms with Crippen molar-refractivity contribution < 1.29 is 23.8 Å². The topological polar surface area (TPSA) is 80.3 Å². The highest BCUT2D eigenvalue weighted by Crippen LogP contribution is 2.34. The van der Waals surface area contributed by atoms with Gasteiger partial charge in [-0.25, -0.2) is 4.79 Å². The molecule has 3 amide bonds. The molecule has 36 heavy (non-hydrogen) atoms. The Morgan fingerprint density at radius 3 is 2.78 bits per heavy atom. The predicted molar refractivity (Wildman–Crippen MR) is 140 cm³/mol. The van der Waals surface area contributed by atoms with Crippen LogP contribution in [0.3, 0.4) is 0 Å². The Bertz CT molecular complexity index is 1040. The number of hydrogen-bond acceptors (Lipinski definition) is 6. The first kappa shape index (κ1) is 26.3. The number of nitrogens with one attached hydrogen (secondary N) is 1. The summed E-state index contributed by atoms with van der Waals surface area (Å²) in [5.74, 6) is 1.32. The van der Waals surface area contributed by atoms with E-state index in [1.54, 1.807) is 23.3 Å². The first-order chi connectivity index (χ1) is 17.2. The zero-order valence-corrected chi connectivity index (χ0v) is 22.4. The van der Waals surface area contributed by atoms with Crippen LogP contribution in [0.4, 0.5) is 4.79 Å². The third-order valence-electron chi connectivity index (χ3n) is 6.41. The minimum absolute atomic E-state index is 0.00307. The summed E-state index contributed by atoms with van der Waals surface area (Å²) in [6.45, 7) is 7.82. The fraction of sp³-hybridized carbons (Fsp3) is 0.556. The number of rotatable bonds is 8. The molecule has 2 aliphatic heterocycles. The average Bonchev–Trinajstić information content (AvgIpc) is 3.53. The van der Waals surface area contributed by atoms with Crippen molar-refractivity contribution in [1.29, 1.82) is 0 Å². The van der Waals surface area contributed by atoms with Gasteiger partial charge >= 0.3 is 6.03 Å². The van der Waals surface area contributed by atoms with Crippen LogP contribution in [0.25, 0.3) is 0 Å². The number of carbonyl (C=O) groups is 2. The second kappa shape index (κ2) is 11.5. The number of amides is 3. The second-order valence-electron chi connectivity index (χ2n) is 10.3. The molecule has 1 fully saturated rings. The first-order valence-corrected chi connectivity index (χ1v) is 13.4. The lowest BCUT2D eigenvalue weighted by Crippen LogP contribution is -2.54. The Morgan fingerprint density at radius 2 is 2.06 bits per heavy atom. The smallest absolute Gasteiger partial charge is 0.318 e. The molecule has 8 nitrogen and oxygen atoms in total. The maximum absolute atomic E-state index is 13.7. The normalized spacial score (nSPS) is 19.5. The highest BCUT2D eigenvalue weighted by Gasteiger charge is 2.35. The molecule has 0 bridgehead atoms. The molecular weight excluding hydrogens is 478 g/mol. The molecule has 196 valence electrons. The van der Waals surface area contributed by atoms with Crippen molar-refractivity contribution >= 4 is 23.3 Å². The maximum atomic E-state index is 13.7. The maximum Gasteiger partial charge on any atom is 0.318 e. The van der Waals surface area contributed by atoms with Gasteiger partial charge in [-0.3, -0.25) is 4.79 Å². The van der Waals surface area contributed by atoms with Crippen LogP contribution in [-0.2, 0) is 16.0 Å². The van der Waals surface area contributed by atoms with Crippen LogP contribution in [0.5, 0.6) is 11.5 Å². The Morgan fingerprint density at radius 1 is 1.25 bits per heavy atom. The largest absolute Gasteiger partial charge is 0.497 e. The zero-order chi connectivity index (χ0) is 25.7. The SMILES string of the molecule is COc1cccc(OC[C@@H]2c3ccsc3CCN2C(=O)CN(C[C@@H]2CCCO2)C(=O)NC(C)(C)C)c1. The average molecular weight is 516 g/mol. The van der Waals surface area contributed by atoms with E-state index >= 15 is 0 Å². The van der Waals surface area contributed by atoms with E-state index in [0.29, 0.717) is 32.1 Å². The summed E-state index contributed by atoms with van der Waals surface area (Å²) in [5, 5.41) is 5.07. The number of methoxy groups -OCH3 is 1. The van der Waals surface area contributed by atoms with Gasteiger partial charge in [0.05, 0.1) is 19.3 Å². The fourth-order valence-corrected chi connectivity index (χ4v) is 5.58. The number of hydrogen-bond donors (Lipinski definition) is 1. The fourth-order valence-electron chi connectivity index (χ4n) is 4.65. The van der Waals surface area contributed by atoms with Gasteiger partial charge in [0, 0.05) is 36.2 Å². The van der Waals surface area contributed by atoms with Gasteiger partial charge in [-0.05, 0) is 69.2 Å². The predicted octanol–water partition coefficient (Wildman–Crippen LogP) is 4.25. The molecule has 1 N–H and O–H groups in total. The summed E-state index contributed by atoms with van der Waals surface area (Å²) in [7, 11) is 1.62. The Hall–Kier alpha value is -2.78. The van der Waals surface area contributed by atoms with Crippen molar-refractivity contribution in [1.82, 2.24) is 15.1 Å². The van der Waals surface area contributed by atoms with Crippen LogP contribution in [-0.4, -0.2) is 73.3 Å². The molecule has 3 heterocycles. The number of carbonyl (C=O) groups excluding carboxylic acids is 2.